The van der Waals surface area contributed by atoms with Gasteiger partial charge in [0.05, 0.1) is 24.6 Å². The van der Waals surface area contributed by atoms with Gasteiger partial charge in [-0.1, -0.05) is 0 Å². The third-order valence-corrected chi connectivity index (χ3v) is 4.19. The van der Waals surface area contributed by atoms with Crippen LogP contribution in [0.25, 0.3) is 27.7 Å². The van der Waals surface area contributed by atoms with Crippen LogP contribution in [-0.4, -0.2) is 51.4 Å². The summed E-state index contributed by atoms with van der Waals surface area (Å²) in [6, 6.07) is 6.13. The lowest BCUT2D eigenvalue weighted by Crippen LogP contribution is -2.22. The van der Waals surface area contributed by atoms with E-state index in [1.54, 1.807) is 20.4 Å². The van der Waals surface area contributed by atoms with Crippen LogP contribution < -0.4 is 10.1 Å². The largest absolute Gasteiger partial charge is 0.480 e. The second-order valence-electron chi connectivity index (χ2n) is 6.10. The highest BCUT2D eigenvalue weighted by Gasteiger charge is 2.17. The first-order valence-electron chi connectivity index (χ1n) is 8.32. The summed E-state index contributed by atoms with van der Waals surface area (Å²) in [7, 11) is 3.28. The molecule has 0 unspecified atom stereocenters. The number of aromatic amines is 1. The molecule has 0 aliphatic rings. The molecule has 0 spiro atoms. The second-order valence-corrected chi connectivity index (χ2v) is 6.10. The third kappa shape index (κ3) is 2.84. The van der Waals surface area contributed by atoms with Crippen molar-refractivity contribution in [3.8, 4) is 17.0 Å². The first-order chi connectivity index (χ1) is 12.7. The molecule has 2 N–H and O–H groups in total. The monoisotopic (exact) mass is 352 g/mol. The Kier molecular flexibility index (Phi) is 4.18. The number of fused-ring (bicyclic) bond motifs is 2. The lowest BCUT2D eigenvalue weighted by Gasteiger charge is -2.13. The van der Waals surface area contributed by atoms with Crippen LogP contribution in [0.1, 0.15) is 6.92 Å². The average Bonchev–Trinajstić information content (AvgIpc) is 3.27. The summed E-state index contributed by atoms with van der Waals surface area (Å²) in [6.45, 7) is 2.56. The van der Waals surface area contributed by atoms with Crippen LogP contribution in [0.5, 0.6) is 5.88 Å². The van der Waals surface area contributed by atoms with Crippen molar-refractivity contribution in [3.05, 3.63) is 36.8 Å². The summed E-state index contributed by atoms with van der Waals surface area (Å²) in [5.41, 5.74) is 3.76. The maximum atomic E-state index is 5.54. The van der Waals surface area contributed by atoms with Crippen molar-refractivity contribution in [1.82, 2.24) is 24.6 Å². The Bertz CT molecular complexity index is 1050. The third-order valence-electron chi connectivity index (χ3n) is 4.19. The molecule has 0 amide bonds. The van der Waals surface area contributed by atoms with E-state index >= 15 is 0 Å². The first kappa shape index (κ1) is 16.3. The number of nitrogens with one attached hydrogen (secondary N) is 2. The minimum absolute atomic E-state index is 0.0841. The molecule has 0 saturated carbocycles. The normalized spacial score (nSPS) is 12.6. The Morgan fingerprint density at radius 2 is 2.15 bits per heavy atom. The van der Waals surface area contributed by atoms with Crippen molar-refractivity contribution >= 4 is 22.5 Å². The zero-order valence-corrected chi connectivity index (χ0v) is 14.9. The van der Waals surface area contributed by atoms with Gasteiger partial charge in [0, 0.05) is 37.3 Å². The molecule has 0 saturated heterocycles. The quantitative estimate of drug-likeness (QED) is 0.555. The number of nitrogens with zero attached hydrogens (tertiary/aromatic N) is 4. The molecule has 0 aliphatic heterocycles. The summed E-state index contributed by atoms with van der Waals surface area (Å²) in [5, 5.41) is 8.30. The molecule has 1 atom stereocenters. The second kappa shape index (κ2) is 6.64. The topological polar surface area (TPSA) is 89.4 Å². The van der Waals surface area contributed by atoms with Crippen LogP contribution in [0.3, 0.4) is 0 Å². The van der Waals surface area contributed by atoms with Gasteiger partial charge in [-0.15, -0.1) is 0 Å². The lowest BCUT2D eigenvalue weighted by molar-refractivity contribution is 0.190. The van der Waals surface area contributed by atoms with Crippen LogP contribution in [0.2, 0.25) is 0 Å². The Hall–Kier alpha value is -3.13. The average molecular weight is 352 g/mol. The van der Waals surface area contributed by atoms with E-state index in [2.05, 4.69) is 31.4 Å². The molecule has 4 aromatic heterocycles. The predicted molar refractivity (Wildman–Crippen MR) is 99.6 cm³/mol. The van der Waals surface area contributed by atoms with E-state index in [1.807, 2.05) is 36.0 Å². The Morgan fingerprint density at radius 3 is 2.96 bits per heavy atom. The Labute approximate surface area is 150 Å². The molecule has 4 aromatic rings. The van der Waals surface area contributed by atoms with Crippen LogP contribution in [0.15, 0.2) is 36.8 Å². The van der Waals surface area contributed by atoms with Crippen molar-refractivity contribution in [1.29, 1.82) is 0 Å². The number of ether oxygens (including phenoxy) is 2. The fraction of sp³-hybridized carbons (Fsp3) is 0.278. The van der Waals surface area contributed by atoms with Crippen LogP contribution in [-0.2, 0) is 4.74 Å². The molecule has 0 aromatic carbocycles. The molecule has 0 fully saturated rings. The maximum Gasteiger partial charge on any atom is 0.228 e. The van der Waals surface area contributed by atoms with Gasteiger partial charge in [-0.3, -0.25) is 0 Å². The van der Waals surface area contributed by atoms with Gasteiger partial charge in [-0.25, -0.2) is 4.52 Å². The number of hydrogen-bond donors (Lipinski definition) is 2. The van der Waals surface area contributed by atoms with E-state index in [9.17, 15) is 0 Å². The van der Waals surface area contributed by atoms with Crippen molar-refractivity contribution in [3.63, 3.8) is 0 Å². The molecule has 8 nitrogen and oxygen atoms in total. The highest BCUT2D eigenvalue weighted by atomic mass is 16.5. The molecule has 134 valence electrons. The van der Waals surface area contributed by atoms with E-state index in [1.165, 1.54) is 0 Å². The number of anilines is 1. The number of aromatic nitrogens is 5. The van der Waals surface area contributed by atoms with Gasteiger partial charge in [0.15, 0.2) is 0 Å². The van der Waals surface area contributed by atoms with E-state index in [0.29, 0.717) is 24.1 Å². The number of hydrogen-bond acceptors (Lipinski definition) is 6. The van der Waals surface area contributed by atoms with E-state index in [0.717, 1.165) is 22.0 Å². The molecule has 0 bridgehead atoms. The van der Waals surface area contributed by atoms with E-state index in [4.69, 9.17) is 9.47 Å². The van der Waals surface area contributed by atoms with Crippen molar-refractivity contribution < 1.29 is 9.47 Å². The molecule has 26 heavy (non-hydrogen) atoms. The summed E-state index contributed by atoms with van der Waals surface area (Å²) in [6.07, 6.45) is 5.63. The van der Waals surface area contributed by atoms with Gasteiger partial charge < -0.3 is 19.8 Å². The smallest absolute Gasteiger partial charge is 0.228 e. The van der Waals surface area contributed by atoms with Crippen LogP contribution in [0, 0.1) is 0 Å². The molecule has 0 aliphatic carbocycles. The first-order valence-corrected chi connectivity index (χ1v) is 8.32. The minimum Gasteiger partial charge on any atom is -0.480 e. The number of methoxy groups -OCH3 is 2. The highest BCUT2D eigenvalue weighted by molar-refractivity contribution is 5.98. The number of pyridine rings is 1. The van der Waals surface area contributed by atoms with Gasteiger partial charge in [0.2, 0.25) is 11.8 Å². The Morgan fingerprint density at radius 1 is 1.27 bits per heavy atom. The van der Waals surface area contributed by atoms with E-state index < -0.39 is 0 Å². The van der Waals surface area contributed by atoms with Crippen LogP contribution in [0.4, 0.5) is 5.95 Å². The van der Waals surface area contributed by atoms with Gasteiger partial charge in [0.25, 0.3) is 0 Å². The van der Waals surface area contributed by atoms with Crippen LogP contribution >= 0.6 is 0 Å². The summed E-state index contributed by atoms with van der Waals surface area (Å²) < 4.78 is 12.5. The fourth-order valence-electron chi connectivity index (χ4n) is 3.04. The molecule has 4 heterocycles. The lowest BCUT2D eigenvalue weighted by atomic mass is 10.1. The maximum absolute atomic E-state index is 5.54. The fourth-order valence-corrected chi connectivity index (χ4v) is 3.04. The molecule has 4 rings (SSSR count). The SMILES string of the molecule is COC[C@@H](C)Nc1nc(OC)c2c(-c3ccn4nccc4c3)c[nH]c2n1. The van der Waals surface area contributed by atoms with Crippen molar-refractivity contribution in [2.24, 2.45) is 0 Å². The Balaban J connectivity index is 1.79. The van der Waals surface area contributed by atoms with Gasteiger partial charge in [0.1, 0.15) is 5.65 Å². The molecular weight excluding hydrogens is 332 g/mol. The summed E-state index contributed by atoms with van der Waals surface area (Å²) in [5.74, 6) is 1.02. The molecular formula is C18H20N6O2. The van der Waals surface area contributed by atoms with Crippen molar-refractivity contribution in [2.75, 3.05) is 26.1 Å². The minimum atomic E-state index is 0.0841. The standard InChI is InChI=1S/C18H20N6O2/c1-11(10-25-2)21-18-22-16-15(17(23-18)26-3)14(9-19-16)12-5-7-24-13(8-12)4-6-20-24/h4-9,11H,10H2,1-3H3,(H2,19,21,22,23)/t11-/m1/s1. The molecule has 0 radical (unpaired) electrons. The van der Waals surface area contributed by atoms with Gasteiger partial charge in [-0.05, 0) is 30.7 Å². The number of rotatable bonds is 6. The predicted octanol–water partition coefficient (Wildman–Crippen LogP) is 2.73. The van der Waals surface area contributed by atoms with Gasteiger partial charge >= 0.3 is 0 Å². The van der Waals surface area contributed by atoms with Gasteiger partial charge in [-0.2, -0.15) is 15.1 Å². The molecule has 8 heteroatoms. The number of H-pyrrole nitrogens is 1. The summed E-state index contributed by atoms with van der Waals surface area (Å²) in [4.78, 5) is 12.3. The zero-order chi connectivity index (χ0) is 18.1. The van der Waals surface area contributed by atoms with Crippen molar-refractivity contribution in [2.45, 2.75) is 13.0 Å². The zero-order valence-electron chi connectivity index (χ0n) is 14.9. The summed E-state index contributed by atoms with van der Waals surface area (Å²) >= 11 is 0. The highest BCUT2D eigenvalue weighted by Crippen LogP contribution is 2.34. The van der Waals surface area contributed by atoms with E-state index in [-0.39, 0.29) is 6.04 Å².